The van der Waals surface area contributed by atoms with E-state index in [-0.39, 0.29) is 18.0 Å². The number of unbranched alkanes of at least 4 members (excludes halogenated alkanes) is 1. The van der Waals surface area contributed by atoms with E-state index in [0.717, 1.165) is 12.8 Å². The molecule has 98 valence electrons. The van der Waals surface area contributed by atoms with Crippen LogP contribution in [0.15, 0.2) is 12.1 Å². The number of aryl methyl sites for hydroxylation is 1. The van der Waals surface area contributed by atoms with Gasteiger partial charge in [-0.15, -0.1) is 12.4 Å². The van der Waals surface area contributed by atoms with Crippen molar-refractivity contribution in [3.05, 3.63) is 34.9 Å². The summed E-state index contributed by atoms with van der Waals surface area (Å²) < 4.78 is 27.1. The summed E-state index contributed by atoms with van der Waals surface area (Å²) in [5.41, 5.74) is 11.6. The van der Waals surface area contributed by atoms with Crippen molar-refractivity contribution in [2.45, 2.75) is 32.2 Å². The number of benzene rings is 1. The third-order valence-corrected chi connectivity index (χ3v) is 2.66. The van der Waals surface area contributed by atoms with Gasteiger partial charge >= 0.3 is 0 Å². The maximum Gasteiger partial charge on any atom is 0.133 e. The topological polar surface area (TPSA) is 52.0 Å². The molecule has 0 spiro atoms. The zero-order valence-corrected chi connectivity index (χ0v) is 10.7. The first-order valence-corrected chi connectivity index (χ1v) is 5.48. The van der Waals surface area contributed by atoms with Crippen molar-refractivity contribution in [3.8, 4) is 0 Å². The molecule has 0 heterocycles. The number of hydrogen-bond donors (Lipinski definition) is 2. The molecule has 0 aromatic heterocycles. The fourth-order valence-corrected chi connectivity index (χ4v) is 1.67. The maximum atomic E-state index is 13.7. The molecule has 17 heavy (non-hydrogen) atoms. The molecule has 0 bridgehead atoms. The van der Waals surface area contributed by atoms with Gasteiger partial charge in [-0.1, -0.05) is 12.5 Å². The minimum absolute atomic E-state index is 0. The molecule has 0 saturated heterocycles. The summed E-state index contributed by atoms with van der Waals surface area (Å²) in [7, 11) is 0. The Balaban J connectivity index is 0.00000256. The van der Waals surface area contributed by atoms with E-state index in [0.29, 0.717) is 18.5 Å². The van der Waals surface area contributed by atoms with Crippen LogP contribution in [0.3, 0.4) is 0 Å². The molecule has 0 aliphatic rings. The predicted octanol–water partition coefficient (Wildman–Crippen LogP) is 2.82. The fourth-order valence-electron chi connectivity index (χ4n) is 1.67. The van der Waals surface area contributed by atoms with Crippen LogP contribution in [0.5, 0.6) is 0 Å². The molecule has 1 rings (SSSR count). The number of halogens is 3. The molecule has 0 aliphatic heterocycles. The van der Waals surface area contributed by atoms with Crippen LogP contribution in [0.2, 0.25) is 0 Å². The van der Waals surface area contributed by atoms with Crippen LogP contribution in [-0.4, -0.2) is 6.54 Å². The highest BCUT2D eigenvalue weighted by atomic mass is 35.5. The Kier molecular flexibility index (Phi) is 7.27. The summed E-state index contributed by atoms with van der Waals surface area (Å²) in [5, 5.41) is 0. The van der Waals surface area contributed by atoms with Gasteiger partial charge in [0.1, 0.15) is 11.6 Å². The summed E-state index contributed by atoms with van der Waals surface area (Å²) in [4.78, 5) is 0. The lowest BCUT2D eigenvalue weighted by molar-refractivity contribution is 0.497. The molecule has 0 unspecified atom stereocenters. The minimum atomic E-state index is -0.591. The average Bonchev–Trinajstić information content (AvgIpc) is 2.24. The van der Waals surface area contributed by atoms with Gasteiger partial charge in [-0.2, -0.15) is 0 Å². The molecule has 4 N–H and O–H groups in total. The average molecular weight is 265 g/mol. The highest BCUT2D eigenvalue weighted by molar-refractivity contribution is 5.85. The highest BCUT2D eigenvalue weighted by Gasteiger charge is 2.17. The first-order chi connectivity index (χ1) is 7.57. The molecule has 1 atom stereocenters. The monoisotopic (exact) mass is 264 g/mol. The zero-order valence-electron chi connectivity index (χ0n) is 9.88. The molecule has 2 nitrogen and oxygen atoms in total. The van der Waals surface area contributed by atoms with E-state index >= 15 is 0 Å². The maximum absolute atomic E-state index is 13.7. The van der Waals surface area contributed by atoms with Crippen molar-refractivity contribution in [1.82, 2.24) is 0 Å². The number of rotatable bonds is 5. The highest BCUT2D eigenvalue weighted by Crippen LogP contribution is 2.24. The second kappa shape index (κ2) is 7.58. The molecule has 1 aromatic rings. The quantitative estimate of drug-likeness (QED) is 0.804. The number of nitrogens with two attached hydrogens (primary N) is 2. The second-order valence-electron chi connectivity index (χ2n) is 3.98. The van der Waals surface area contributed by atoms with Gasteiger partial charge in [-0.25, -0.2) is 8.78 Å². The smallest absolute Gasteiger partial charge is 0.133 e. The van der Waals surface area contributed by atoms with E-state index in [1.165, 1.54) is 12.1 Å². The van der Waals surface area contributed by atoms with Crippen LogP contribution in [0.4, 0.5) is 8.78 Å². The Morgan fingerprint density at radius 3 is 2.47 bits per heavy atom. The zero-order chi connectivity index (χ0) is 12.1. The van der Waals surface area contributed by atoms with Crippen molar-refractivity contribution in [3.63, 3.8) is 0 Å². The van der Waals surface area contributed by atoms with E-state index < -0.39 is 17.7 Å². The van der Waals surface area contributed by atoms with Crippen LogP contribution in [0, 0.1) is 18.6 Å². The van der Waals surface area contributed by atoms with Gasteiger partial charge in [0.25, 0.3) is 0 Å². The Morgan fingerprint density at radius 2 is 1.88 bits per heavy atom. The molecular weight excluding hydrogens is 246 g/mol. The Morgan fingerprint density at radius 1 is 1.24 bits per heavy atom. The van der Waals surface area contributed by atoms with Crippen molar-refractivity contribution in [2.75, 3.05) is 6.54 Å². The molecule has 0 amide bonds. The summed E-state index contributed by atoms with van der Waals surface area (Å²) in [6.07, 6.45) is 2.15. The fraction of sp³-hybridized carbons (Fsp3) is 0.500. The van der Waals surface area contributed by atoms with Gasteiger partial charge in [-0.05, 0) is 37.9 Å². The third kappa shape index (κ3) is 4.22. The van der Waals surface area contributed by atoms with E-state index in [2.05, 4.69) is 0 Å². The first-order valence-electron chi connectivity index (χ1n) is 5.48. The molecular formula is C12H19ClF2N2. The van der Waals surface area contributed by atoms with Gasteiger partial charge in [-0.3, -0.25) is 0 Å². The second-order valence-corrected chi connectivity index (χ2v) is 3.98. The summed E-state index contributed by atoms with van der Waals surface area (Å²) in [6.45, 7) is 2.18. The standard InChI is InChI=1S/C12H18F2N2.ClH/c1-8-5-6-9(13)11(12(8)14)10(16)4-2-3-7-15;/h5-6,10H,2-4,7,15-16H2,1H3;1H/t10-;/m1./s1. The van der Waals surface area contributed by atoms with Crippen molar-refractivity contribution in [2.24, 2.45) is 11.5 Å². The Bertz CT molecular complexity index is 359. The third-order valence-electron chi connectivity index (χ3n) is 2.66. The Labute approximate surface area is 107 Å². The summed E-state index contributed by atoms with van der Waals surface area (Å²) in [6, 6.07) is 2.09. The van der Waals surface area contributed by atoms with Gasteiger partial charge in [0, 0.05) is 11.6 Å². The van der Waals surface area contributed by atoms with E-state index in [9.17, 15) is 8.78 Å². The largest absolute Gasteiger partial charge is 0.330 e. The number of hydrogen-bond acceptors (Lipinski definition) is 2. The van der Waals surface area contributed by atoms with Gasteiger partial charge in [0.2, 0.25) is 0 Å². The van der Waals surface area contributed by atoms with Crippen LogP contribution >= 0.6 is 12.4 Å². The van der Waals surface area contributed by atoms with Crippen LogP contribution in [0.1, 0.15) is 36.4 Å². The minimum Gasteiger partial charge on any atom is -0.330 e. The lowest BCUT2D eigenvalue weighted by Gasteiger charge is -2.14. The first kappa shape index (κ1) is 16.3. The van der Waals surface area contributed by atoms with Crippen molar-refractivity contribution in [1.29, 1.82) is 0 Å². The van der Waals surface area contributed by atoms with Crippen LogP contribution < -0.4 is 11.5 Å². The lowest BCUT2D eigenvalue weighted by Crippen LogP contribution is -2.15. The van der Waals surface area contributed by atoms with Gasteiger partial charge in [0.05, 0.1) is 0 Å². The van der Waals surface area contributed by atoms with Crippen LogP contribution in [0.25, 0.3) is 0 Å². The molecule has 1 aromatic carbocycles. The van der Waals surface area contributed by atoms with E-state index in [1.54, 1.807) is 6.92 Å². The normalized spacial score (nSPS) is 12.1. The van der Waals surface area contributed by atoms with E-state index in [1.807, 2.05) is 0 Å². The van der Waals surface area contributed by atoms with Crippen LogP contribution in [-0.2, 0) is 0 Å². The summed E-state index contributed by atoms with van der Waals surface area (Å²) >= 11 is 0. The summed E-state index contributed by atoms with van der Waals surface area (Å²) in [5.74, 6) is -1.09. The van der Waals surface area contributed by atoms with Crippen molar-refractivity contribution >= 4 is 12.4 Å². The molecule has 5 heteroatoms. The SMILES string of the molecule is Cc1ccc(F)c([C@H](N)CCCCN)c1F.Cl. The van der Waals surface area contributed by atoms with E-state index in [4.69, 9.17) is 11.5 Å². The predicted molar refractivity (Wildman–Crippen MR) is 68.2 cm³/mol. The van der Waals surface area contributed by atoms with Gasteiger partial charge < -0.3 is 11.5 Å². The molecule has 0 aliphatic carbocycles. The lowest BCUT2D eigenvalue weighted by atomic mass is 9.99. The Hall–Kier alpha value is -0.710. The van der Waals surface area contributed by atoms with Crippen molar-refractivity contribution < 1.29 is 8.78 Å². The molecule has 0 saturated carbocycles. The molecule has 0 radical (unpaired) electrons. The molecule has 0 fully saturated rings. The van der Waals surface area contributed by atoms with Gasteiger partial charge in [0.15, 0.2) is 0 Å².